The van der Waals surface area contributed by atoms with E-state index in [0.717, 1.165) is 34.6 Å². The van der Waals surface area contributed by atoms with Crippen molar-refractivity contribution in [3.05, 3.63) is 70.8 Å². The topological polar surface area (TPSA) is 68.1 Å². The van der Waals surface area contributed by atoms with E-state index in [1.54, 1.807) is 19.9 Å². The van der Waals surface area contributed by atoms with Crippen molar-refractivity contribution in [1.82, 2.24) is 0 Å². The molecule has 0 aliphatic heterocycles. The van der Waals surface area contributed by atoms with Gasteiger partial charge in [-0.25, -0.2) is 4.79 Å². The average Bonchev–Trinajstić information content (AvgIpc) is 2.74. The third-order valence-corrected chi connectivity index (χ3v) is 4.94. The van der Waals surface area contributed by atoms with Crippen LogP contribution in [0, 0.1) is 0 Å². The van der Waals surface area contributed by atoms with Crippen LogP contribution in [0.25, 0.3) is 5.57 Å². The Hall–Kier alpha value is -3.08. The van der Waals surface area contributed by atoms with Crippen LogP contribution in [0.4, 0.5) is 0 Å². The molecular weight excluding hydrogens is 390 g/mol. The molecule has 0 saturated heterocycles. The SMILES string of the molecule is CCCCCCOc1cccc(/C(C)=N\OCc2ccccc2C(C(=O)O)=C(C)C)c1. The van der Waals surface area contributed by atoms with Gasteiger partial charge in [0.15, 0.2) is 0 Å². The van der Waals surface area contributed by atoms with Crippen molar-refractivity contribution in [2.75, 3.05) is 6.61 Å². The molecule has 0 saturated carbocycles. The van der Waals surface area contributed by atoms with Crippen molar-refractivity contribution in [2.24, 2.45) is 5.16 Å². The van der Waals surface area contributed by atoms with E-state index in [0.29, 0.717) is 17.7 Å². The summed E-state index contributed by atoms with van der Waals surface area (Å²) in [4.78, 5) is 17.3. The zero-order valence-electron chi connectivity index (χ0n) is 19.0. The van der Waals surface area contributed by atoms with Gasteiger partial charge in [-0.1, -0.05) is 73.3 Å². The third kappa shape index (κ3) is 7.59. The maximum atomic E-state index is 11.7. The molecule has 0 atom stereocenters. The van der Waals surface area contributed by atoms with Crippen LogP contribution in [0.3, 0.4) is 0 Å². The first kappa shape index (κ1) is 24.2. The Balaban J connectivity index is 2.04. The Labute approximate surface area is 185 Å². The number of rotatable bonds is 12. The third-order valence-electron chi connectivity index (χ3n) is 4.94. The van der Waals surface area contributed by atoms with E-state index in [4.69, 9.17) is 9.57 Å². The summed E-state index contributed by atoms with van der Waals surface area (Å²) in [7, 11) is 0. The molecule has 0 fully saturated rings. The summed E-state index contributed by atoms with van der Waals surface area (Å²) >= 11 is 0. The lowest BCUT2D eigenvalue weighted by atomic mass is 9.97. The monoisotopic (exact) mass is 423 g/mol. The smallest absolute Gasteiger partial charge is 0.336 e. The first-order chi connectivity index (χ1) is 14.9. The van der Waals surface area contributed by atoms with E-state index in [-0.39, 0.29) is 6.61 Å². The molecule has 0 aliphatic rings. The Morgan fingerprint density at radius 2 is 1.77 bits per heavy atom. The fourth-order valence-corrected chi connectivity index (χ4v) is 3.27. The molecule has 166 valence electrons. The van der Waals surface area contributed by atoms with E-state index in [1.807, 2.05) is 49.4 Å². The van der Waals surface area contributed by atoms with Gasteiger partial charge in [0, 0.05) is 11.1 Å². The first-order valence-corrected chi connectivity index (χ1v) is 10.8. The number of nitrogens with zero attached hydrogens (tertiary/aromatic N) is 1. The molecule has 2 aromatic rings. The number of aliphatic carboxylic acids is 1. The van der Waals surface area contributed by atoms with Crippen molar-refractivity contribution in [3.63, 3.8) is 0 Å². The van der Waals surface area contributed by atoms with Crippen molar-refractivity contribution >= 4 is 17.3 Å². The lowest BCUT2D eigenvalue weighted by molar-refractivity contribution is -0.130. The molecule has 0 aromatic heterocycles. The molecule has 5 heteroatoms. The van der Waals surface area contributed by atoms with E-state index >= 15 is 0 Å². The van der Waals surface area contributed by atoms with Crippen LogP contribution in [0.15, 0.2) is 59.3 Å². The zero-order valence-corrected chi connectivity index (χ0v) is 19.0. The highest BCUT2D eigenvalue weighted by atomic mass is 16.6. The van der Waals surface area contributed by atoms with Gasteiger partial charge in [-0.3, -0.25) is 0 Å². The highest BCUT2D eigenvalue weighted by molar-refractivity contribution is 6.16. The second-order valence-corrected chi connectivity index (χ2v) is 7.72. The Kier molecular flexibility index (Phi) is 9.82. The fraction of sp³-hybridized carbons (Fsp3) is 0.385. The number of hydrogen-bond acceptors (Lipinski definition) is 4. The summed E-state index contributed by atoms with van der Waals surface area (Å²) in [6, 6.07) is 15.2. The Bertz CT molecular complexity index is 927. The van der Waals surface area contributed by atoms with Gasteiger partial charge < -0.3 is 14.7 Å². The van der Waals surface area contributed by atoms with Crippen LogP contribution < -0.4 is 4.74 Å². The molecule has 0 aliphatic carbocycles. The molecule has 0 unspecified atom stereocenters. The van der Waals surface area contributed by atoms with Crippen LogP contribution in [-0.4, -0.2) is 23.4 Å². The predicted molar refractivity (Wildman–Crippen MR) is 125 cm³/mol. The van der Waals surface area contributed by atoms with Crippen molar-refractivity contribution in [2.45, 2.75) is 60.0 Å². The number of benzene rings is 2. The van der Waals surface area contributed by atoms with Crippen LogP contribution in [0.2, 0.25) is 0 Å². The number of allylic oxidation sites excluding steroid dienone is 1. The first-order valence-electron chi connectivity index (χ1n) is 10.8. The van der Waals surface area contributed by atoms with Crippen molar-refractivity contribution in [1.29, 1.82) is 0 Å². The minimum absolute atomic E-state index is 0.186. The summed E-state index contributed by atoms with van der Waals surface area (Å²) in [5.41, 5.74) is 4.13. The van der Waals surface area contributed by atoms with Gasteiger partial charge in [0.1, 0.15) is 12.4 Å². The van der Waals surface area contributed by atoms with Crippen LogP contribution in [0.1, 0.15) is 70.1 Å². The van der Waals surface area contributed by atoms with Crippen molar-refractivity contribution in [3.8, 4) is 5.75 Å². The summed E-state index contributed by atoms with van der Waals surface area (Å²) < 4.78 is 5.85. The van der Waals surface area contributed by atoms with Gasteiger partial charge in [0.05, 0.1) is 17.9 Å². The molecule has 0 amide bonds. The summed E-state index contributed by atoms with van der Waals surface area (Å²) in [6.45, 7) is 8.56. The number of carboxylic acids is 1. The Morgan fingerprint density at radius 3 is 2.48 bits per heavy atom. The fourth-order valence-electron chi connectivity index (χ4n) is 3.27. The number of carbonyl (C=O) groups is 1. The summed E-state index contributed by atoms with van der Waals surface area (Å²) in [5, 5.41) is 13.8. The largest absolute Gasteiger partial charge is 0.494 e. The lowest BCUT2D eigenvalue weighted by Crippen LogP contribution is -2.05. The predicted octanol–water partition coefficient (Wildman–Crippen LogP) is 6.46. The van der Waals surface area contributed by atoms with E-state index in [2.05, 4.69) is 12.1 Å². The number of unbranched alkanes of at least 4 members (excludes halogenated alkanes) is 3. The number of hydrogen-bond donors (Lipinski definition) is 1. The highest BCUT2D eigenvalue weighted by Gasteiger charge is 2.16. The van der Waals surface area contributed by atoms with Crippen molar-refractivity contribution < 1.29 is 19.5 Å². The van der Waals surface area contributed by atoms with Crippen LogP contribution in [-0.2, 0) is 16.2 Å². The molecule has 0 heterocycles. The molecule has 2 aromatic carbocycles. The van der Waals surface area contributed by atoms with E-state index in [1.165, 1.54) is 19.3 Å². The number of ether oxygens (including phenoxy) is 1. The minimum atomic E-state index is -0.946. The quantitative estimate of drug-likeness (QED) is 0.184. The minimum Gasteiger partial charge on any atom is -0.494 e. The van der Waals surface area contributed by atoms with Gasteiger partial charge in [0.25, 0.3) is 0 Å². The van der Waals surface area contributed by atoms with Gasteiger partial charge >= 0.3 is 5.97 Å². The van der Waals surface area contributed by atoms with Gasteiger partial charge in [-0.2, -0.15) is 0 Å². The molecule has 0 spiro atoms. The maximum absolute atomic E-state index is 11.7. The van der Waals surface area contributed by atoms with Crippen LogP contribution >= 0.6 is 0 Å². The average molecular weight is 424 g/mol. The summed E-state index contributed by atoms with van der Waals surface area (Å²) in [6.07, 6.45) is 4.68. The molecular formula is C26H33NO4. The number of carboxylic acid groups (broad SMARTS) is 1. The molecule has 0 radical (unpaired) electrons. The molecule has 5 nitrogen and oxygen atoms in total. The van der Waals surface area contributed by atoms with Crippen LogP contribution in [0.5, 0.6) is 5.75 Å². The maximum Gasteiger partial charge on any atom is 0.336 e. The van der Waals surface area contributed by atoms with E-state index < -0.39 is 5.97 Å². The zero-order chi connectivity index (χ0) is 22.6. The van der Waals surface area contributed by atoms with Gasteiger partial charge in [-0.05, 0) is 44.9 Å². The highest BCUT2D eigenvalue weighted by Crippen LogP contribution is 2.24. The Morgan fingerprint density at radius 1 is 1.00 bits per heavy atom. The van der Waals surface area contributed by atoms with Gasteiger partial charge in [-0.15, -0.1) is 0 Å². The normalized spacial score (nSPS) is 11.2. The standard InChI is InChI=1S/C26H33NO4/c1-5-6-7-10-16-30-23-14-11-13-21(17-23)20(4)27-31-18-22-12-8-9-15-24(22)25(19(2)3)26(28)29/h8-9,11-15,17H,5-7,10,16,18H2,1-4H3,(H,28,29)/b27-20-. The second-order valence-electron chi connectivity index (χ2n) is 7.72. The van der Waals surface area contributed by atoms with Gasteiger partial charge in [0.2, 0.25) is 0 Å². The summed E-state index contributed by atoms with van der Waals surface area (Å²) in [5.74, 6) is -0.123. The number of oxime groups is 1. The van der Waals surface area contributed by atoms with E-state index in [9.17, 15) is 9.90 Å². The molecule has 2 rings (SSSR count). The molecule has 31 heavy (non-hydrogen) atoms. The molecule has 0 bridgehead atoms. The molecule has 1 N–H and O–H groups in total. The lowest BCUT2D eigenvalue weighted by Gasteiger charge is -2.11. The second kappa shape index (κ2) is 12.6.